The van der Waals surface area contributed by atoms with Crippen molar-refractivity contribution < 1.29 is 55.4 Å². The normalized spacial score (nSPS) is 0. The first-order chi connectivity index (χ1) is 0. The van der Waals surface area contributed by atoms with Crippen LogP contribution in [0.3, 0.4) is 0 Å². The summed E-state index contributed by atoms with van der Waals surface area (Å²) in [5.74, 6) is 0. The Hall–Kier alpha value is 1.63. The molecule has 0 aromatic heterocycles. The molecule has 0 bridgehead atoms. The Morgan fingerprint density at radius 3 is 0.571 bits per heavy atom. The Morgan fingerprint density at radius 2 is 0.571 bits per heavy atom. The molecule has 1 radical (unpaired) electrons. The number of halogens is 4. The van der Waals surface area contributed by atoms with Crippen molar-refractivity contribution in [1.82, 2.24) is 0 Å². The van der Waals surface area contributed by atoms with E-state index in [9.17, 15) is 0 Å². The fourth-order valence-electron chi connectivity index (χ4n) is 0. The van der Waals surface area contributed by atoms with Crippen LogP contribution in [0.1, 0.15) is 0 Å². The van der Waals surface area contributed by atoms with Gasteiger partial charge in [0.2, 0.25) is 0 Å². The van der Waals surface area contributed by atoms with Crippen LogP contribution in [0.4, 0.5) is 18.8 Å². The van der Waals surface area contributed by atoms with E-state index >= 15 is 0 Å². The Labute approximate surface area is 78.0 Å². The van der Waals surface area contributed by atoms with Gasteiger partial charge in [-0.15, -0.1) is 0 Å². The zero-order chi connectivity index (χ0) is 0. The Bertz CT molecular complexity index is 11.7. The van der Waals surface area contributed by atoms with Gasteiger partial charge < -0.3 is 0 Å². The largest absolute Gasteiger partial charge is 0.316 e. The maximum atomic E-state index is 0. The quantitative estimate of drug-likeness (QED) is 0.393. The third-order valence-corrected chi connectivity index (χ3v) is 0. The van der Waals surface area contributed by atoms with Crippen molar-refractivity contribution in [3.63, 3.8) is 0 Å². The van der Waals surface area contributed by atoms with Crippen molar-refractivity contribution in [3.8, 4) is 0 Å². The van der Waals surface area contributed by atoms with E-state index in [1.807, 2.05) is 0 Å². The summed E-state index contributed by atoms with van der Waals surface area (Å²) in [6.45, 7) is 0. The molecule has 0 saturated carbocycles. The monoisotopic (exact) mass is 225 g/mol. The molecule has 45 valence electrons. The van der Waals surface area contributed by atoms with Crippen LogP contribution in [-0.4, -0.2) is 23.1 Å². The van der Waals surface area contributed by atoms with Gasteiger partial charge in [0.1, 0.15) is 0 Å². The predicted octanol–water partition coefficient (Wildman–Crippen LogP) is -0.311. The minimum absolute atomic E-state index is 0. The zero-order valence-corrected chi connectivity index (χ0v) is 6.87. The zero-order valence-electron chi connectivity index (χ0n) is 2.72. The number of hydrogen-bond acceptors (Lipinski definition) is 0. The summed E-state index contributed by atoms with van der Waals surface area (Å²) in [4.78, 5) is 0. The molecule has 0 aliphatic rings. The SMILES string of the molecule is F.F.F.F.[MgH2].[Mn].[Zn]. The van der Waals surface area contributed by atoms with Crippen LogP contribution in [0.15, 0.2) is 0 Å². The molecule has 0 saturated heterocycles. The Balaban J connectivity index is 0. The van der Waals surface area contributed by atoms with Crippen molar-refractivity contribution in [1.29, 1.82) is 0 Å². The topological polar surface area (TPSA) is 0 Å². The summed E-state index contributed by atoms with van der Waals surface area (Å²) in [7, 11) is 0. The van der Waals surface area contributed by atoms with Crippen molar-refractivity contribution >= 4 is 23.1 Å². The minimum Gasteiger partial charge on any atom is -0.269 e. The van der Waals surface area contributed by atoms with Gasteiger partial charge in [-0.05, 0) is 0 Å². The number of hydrogen-bond donors (Lipinski definition) is 0. The van der Waals surface area contributed by atoms with E-state index in [1.165, 1.54) is 0 Å². The first kappa shape index (κ1) is 189. The van der Waals surface area contributed by atoms with Crippen molar-refractivity contribution in [2.75, 3.05) is 0 Å². The molecule has 0 heterocycles. The average molecular weight is 227 g/mol. The maximum absolute atomic E-state index is 0. The summed E-state index contributed by atoms with van der Waals surface area (Å²) in [5.41, 5.74) is 0. The molecule has 0 unspecified atom stereocenters. The molecule has 0 aliphatic heterocycles. The maximum Gasteiger partial charge on any atom is 0.316 e. The summed E-state index contributed by atoms with van der Waals surface area (Å²) < 4.78 is 0. The van der Waals surface area contributed by atoms with Crippen LogP contribution in [0.5, 0.6) is 0 Å². The van der Waals surface area contributed by atoms with Gasteiger partial charge >= 0.3 is 23.1 Å². The van der Waals surface area contributed by atoms with Crippen molar-refractivity contribution in [2.24, 2.45) is 0 Å². The van der Waals surface area contributed by atoms with Gasteiger partial charge in [-0.25, -0.2) is 0 Å². The fraction of sp³-hybridized carbons (Fsp3) is 0. The summed E-state index contributed by atoms with van der Waals surface area (Å²) in [6, 6.07) is 0. The van der Waals surface area contributed by atoms with Crippen molar-refractivity contribution in [2.45, 2.75) is 0 Å². The van der Waals surface area contributed by atoms with E-state index < -0.39 is 0 Å². The number of rotatable bonds is 0. The van der Waals surface area contributed by atoms with Gasteiger partial charge in [-0.2, -0.15) is 0 Å². The molecule has 0 fully saturated rings. The molecule has 7 heavy (non-hydrogen) atoms. The second-order valence-corrected chi connectivity index (χ2v) is 0. The first-order valence-corrected chi connectivity index (χ1v) is 0. The van der Waals surface area contributed by atoms with Gasteiger partial charge in [0.25, 0.3) is 0 Å². The van der Waals surface area contributed by atoms with E-state index in [0.29, 0.717) is 0 Å². The van der Waals surface area contributed by atoms with Crippen LogP contribution in [-0.2, 0) is 36.5 Å². The molecule has 7 heteroatoms. The van der Waals surface area contributed by atoms with Crippen molar-refractivity contribution in [3.05, 3.63) is 0 Å². The van der Waals surface area contributed by atoms with Crippen LogP contribution in [0.25, 0.3) is 0 Å². The molecular weight excluding hydrogens is 221 g/mol. The molecule has 0 aromatic rings. The van der Waals surface area contributed by atoms with Crippen LogP contribution in [0, 0.1) is 0 Å². The van der Waals surface area contributed by atoms with Gasteiger partial charge in [0.15, 0.2) is 0 Å². The standard InChI is InChI=1S/4FH.Mg.Mn.Zn.2H/h4*1H;;;;;. The summed E-state index contributed by atoms with van der Waals surface area (Å²) >= 11 is 0. The van der Waals surface area contributed by atoms with Crippen LogP contribution < -0.4 is 0 Å². The predicted molar refractivity (Wildman–Crippen MR) is 18.6 cm³/mol. The van der Waals surface area contributed by atoms with E-state index in [2.05, 4.69) is 0 Å². The van der Waals surface area contributed by atoms with E-state index in [1.54, 1.807) is 0 Å². The molecule has 0 spiro atoms. The molecule has 0 nitrogen and oxygen atoms in total. The Kier molecular flexibility index (Phi) is 3420. The molecular formula is H6F4MgMnZn. The van der Waals surface area contributed by atoms with Gasteiger partial charge in [0.05, 0.1) is 0 Å². The van der Waals surface area contributed by atoms with Gasteiger partial charge in [-0.3, -0.25) is 18.8 Å². The molecule has 0 amide bonds. The van der Waals surface area contributed by atoms with Gasteiger partial charge in [-0.1, -0.05) is 0 Å². The average Bonchev–Trinajstić information content (AvgIpc) is 0. The van der Waals surface area contributed by atoms with Crippen LogP contribution >= 0.6 is 0 Å². The molecule has 0 aromatic carbocycles. The molecule has 0 aliphatic carbocycles. The van der Waals surface area contributed by atoms with E-state index in [4.69, 9.17) is 0 Å². The van der Waals surface area contributed by atoms with Crippen LogP contribution in [0.2, 0.25) is 0 Å². The summed E-state index contributed by atoms with van der Waals surface area (Å²) in [5, 5.41) is 0. The van der Waals surface area contributed by atoms with E-state index in [-0.39, 0.29) is 78.4 Å². The molecule has 0 rings (SSSR count). The van der Waals surface area contributed by atoms with Gasteiger partial charge in [0, 0.05) is 36.5 Å². The third-order valence-electron chi connectivity index (χ3n) is 0. The smallest absolute Gasteiger partial charge is 0.269 e. The second kappa shape index (κ2) is 126. The Morgan fingerprint density at radius 1 is 0.571 bits per heavy atom. The minimum atomic E-state index is 0. The summed E-state index contributed by atoms with van der Waals surface area (Å²) in [6.07, 6.45) is 0. The second-order valence-electron chi connectivity index (χ2n) is 0. The molecule has 0 N–H and O–H groups in total. The molecule has 0 atom stereocenters. The first-order valence-electron chi connectivity index (χ1n) is 0. The van der Waals surface area contributed by atoms with E-state index in [0.717, 1.165) is 0 Å². The third kappa shape index (κ3) is 91.1. The fourth-order valence-corrected chi connectivity index (χ4v) is 0.